The molecule has 11 aromatic rings. The number of hydrogen-bond acceptors (Lipinski definition) is 2. The quantitative estimate of drug-likeness (QED) is 0.164. The van der Waals surface area contributed by atoms with Crippen molar-refractivity contribution in [3.63, 3.8) is 0 Å². The van der Waals surface area contributed by atoms with Crippen LogP contribution in [0, 0.1) is 0 Å². The molecule has 11 rings (SSSR count). The molecule has 50 heavy (non-hydrogen) atoms. The van der Waals surface area contributed by atoms with E-state index in [0.29, 0.717) is 0 Å². The highest BCUT2D eigenvalue weighted by Crippen LogP contribution is 2.47. The Bertz CT molecular complexity index is 3080. The normalized spacial score (nSPS) is 12.0. The second-order valence-electron chi connectivity index (χ2n) is 13.2. The van der Waals surface area contributed by atoms with E-state index >= 15 is 0 Å². The van der Waals surface area contributed by atoms with Crippen LogP contribution >= 0.6 is 22.7 Å². The van der Waals surface area contributed by atoms with Gasteiger partial charge in [-0.2, -0.15) is 0 Å². The smallest absolute Gasteiger partial charge is 0.0448 e. The van der Waals surface area contributed by atoms with E-state index in [9.17, 15) is 0 Å². The Balaban J connectivity index is 1.12. The maximum absolute atomic E-state index is 2.43. The Kier molecular flexibility index (Phi) is 6.09. The summed E-state index contributed by atoms with van der Waals surface area (Å²) in [7, 11) is 0. The predicted molar refractivity (Wildman–Crippen MR) is 221 cm³/mol. The first-order valence-electron chi connectivity index (χ1n) is 17.1. The molecule has 0 N–H and O–H groups in total. The monoisotopic (exact) mass is 668 g/mol. The Morgan fingerprint density at radius 1 is 0.280 bits per heavy atom. The van der Waals surface area contributed by atoms with Gasteiger partial charge in [-0.05, 0) is 102 Å². The van der Waals surface area contributed by atoms with Crippen molar-refractivity contribution in [3.05, 3.63) is 170 Å². The van der Waals surface area contributed by atoms with Gasteiger partial charge in [-0.15, -0.1) is 22.7 Å². The fourth-order valence-corrected chi connectivity index (χ4v) is 10.6. The van der Waals surface area contributed by atoms with E-state index in [2.05, 4.69) is 170 Å². The molecule has 0 saturated carbocycles. The number of rotatable bonds is 3. The Hall–Kier alpha value is -5.80. The summed E-state index contributed by atoms with van der Waals surface area (Å²) < 4.78 is 5.43. The van der Waals surface area contributed by atoms with E-state index in [1.54, 1.807) is 0 Å². The average molecular weight is 669 g/mol. The second-order valence-corrected chi connectivity index (χ2v) is 15.3. The molecule has 0 nitrogen and oxygen atoms in total. The van der Waals surface area contributed by atoms with Crippen LogP contribution < -0.4 is 0 Å². The molecule has 2 aromatic heterocycles. The molecular weight excluding hydrogens is 641 g/mol. The van der Waals surface area contributed by atoms with E-state index in [1.807, 2.05) is 22.7 Å². The van der Waals surface area contributed by atoms with Gasteiger partial charge < -0.3 is 0 Å². The summed E-state index contributed by atoms with van der Waals surface area (Å²) in [5.41, 5.74) is 7.56. The standard InChI is InChI=1S/C48H28S2/c1-2-11-29(12-3-1)45-35-17-6-8-19-37(35)46(38-20-9-7-18-36(38)45)34-16-10-15-30(25-34)33-21-23-42-41(27-33)47-43(49-42)24-22-39-40-26-31-13-4-5-14-32(31)28-44(40)50-48(39)47/h1-28H. The predicted octanol–water partition coefficient (Wildman–Crippen LogP) is 14.9. The molecule has 0 saturated heterocycles. The zero-order valence-electron chi connectivity index (χ0n) is 27.0. The number of hydrogen-bond donors (Lipinski definition) is 0. The van der Waals surface area contributed by atoms with Gasteiger partial charge in [0.05, 0.1) is 0 Å². The lowest BCUT2D eigenvalue weighted by Crippen LogP contribution is -1.91. The number of fused-ring (bicyclic) bond motifs is 10. The summed E-state index contributed by atoms with van der Waals surface area (Å²) in [6.07, 6.45) is 0. The van der Waals surface area contributed by atoms with Crippen LogP contribution in [0.3, 0.4) is 0 Å². The van der Waals surface area contributed by atoms with E-state index in [1.165, 1.54) is 106 Å². The van der Waals surface area contributed by atoms with Gasteiger partial charge >= 0.3 is 0 Å². The number of thiophene rings is 2. The maximum atomic E-state index is 2.43. The first kappa shape index (κ1) is 28.1. The first-order chi connectivity index (χ1) is 24.8. The van der Waals surface area contributed by atoms with Crippen molar-refractivity contribution in [2.75, 3.05) is 0 Å². The minimum Gasteiger partial charge on any atom is -0.135 e. The summed E-state index contributed by atoms with van der Waals surface area (Å²) in [6, 6.07) is 63.0. The maximum Gasteiger partial charge on any atom is 0.0448 e. The fourth-order valence-electron chi connectivity index (χ4n) is 8.17. The lowest BCUT2D eigenvalue weighted by Gasteiger charge is -2.18. The van der Waals surface area contributed by atoms with Crippen LogP contribution in [0.25, 0.3) is 106 Å². The average Bonchev–Trinajstić information content (AvgIpc) is 3.73. The molecule has 0 unspecified atom stereocenters. The molecule has 0 aliphatic heterocycles. The van der Waals surface area contributed by atoms with Gasteiger partial charge in [0.1, 0.15) is 0 Å². The minimum atomic E-state index is 1.24. The molecular formula is C48H28S2. The molecule has 2 heteroatoms. The van der Waals surface area contributed by atoms with E-state index in [0.717, 1.165) is 0 Å². The van der Waals surface area contributed by atoms with Crippen molar-refractivity contribution in [1.29, 1.82) is 0 Å². The molecule has 0 aliphatic rings. The van der Waals surface area contributed by atoms with Crippen LogP contribution in [0.2, 0.25) is 0 Å². The molecule has 0 amide bonds. The molecule has 0 radical (unpaired) electrons. The van der Waals surface area contributed by atoms with E-state index in [4.69, 9.17) is 0 Å². The first-order valence-corrected chi connectivity index (χ1v) is 18.7. The zero-order valence-corrected chi connectivity index (χ0v) is 28.6. The van der Waals surface area contributed by atoms with Gasteiger partial charge in [0.25, 0.3) is 0 Å². The third-order valence-corrected chi connectivity index (χ3v) is 12.7. The SMILES string of the molecule is c1ccc(-c2c3ccccc3c(-c3cccc(-c4ccc5sc6ccc7c8cc9ccccc9cc8sc7c6c5c4)c3)c3ccccc23)cc1. The topological polar surface area (TPSA) is 0 Å². The summed E-state index contributed by atoms with van der Waals surface area (Å²) in [4.78, 5) is 0. The highest BCUT2D eigenvalue weighted by atomic mass is 32.1. The van der Waals surface area contributed by atoms with Crippen molar-refractivity contribution in [2.45, 2.75) is 0 Å². The van der Waals surface area contributed by atoms with Gasteiger partial charge in [0, 0.05) is 40.3 Å². The molecule has 0 spiro atoms. The van der Waals surface area contributed by atoms with Crippen molar-refractivity contribution < 1.29 is 0 Å². The van der Waals surface area contributed by atoms with Crippen LogP contribution in [-0.2, 0) is 0 Å². The van der Waals surface area contributed by atoms with E-state index < -0.39 is 0 Å². The Morgan fingerprint density at radius 2 is 0.860 bits per heavy atom. The molecule has 0 aliphatic carbocycles. The number of benzene rings is 9. The van der Waals surface area contributed by atoms with Crippen LogP contribution in [-0.4, -0.2) is 0 Å². The largest absolute Gasteiger partial charge is 0.135 e. The highest BCUT2D eigenvalue weighted by molar-refractivity contribution is 7.29. The van der Waals surface area contributed by atoms with E-state index in [-0.39, 0.29) is 0 Å². The van der Waals surface area contributed by atoms with Crippen LogP contribution in [0.15, 0.2) is 170 Å². The minimum absolute atomic E-state index is 1.24. The fraction of sp³-hybridized carbons (Fsp3) is 0. The molecule has 0 atom stereocenters. The van der Waals surface area contributed by atoms with Crippen LogP contribution in [0.1, 0.15) is 0 Å². The Labute approximate surface area is 297 Å². The third-order valence-electron chi connectivity index (χ3n) is 10.4. The molecule has 0 fully saturated rings. The van der Waals surface area contributed by atoms with Crippen molar-refractivity contribution in [2.24, 2.45) is 0 Å². The summed E-state index contributed by atoms with van der Waals surface area (Å²) >= 11 is 3.84. The lowest BCUT2D eigenvalue weighted by molar-refractivity contribution is 1.63. The van der Waals surface area contributed by atoms with Gasteiger partial charge in [-0.3, -0.25) is 0 Å². The molecule has 0 bridgehead atoms. The van der Waals surface area contributed by atoms with Crippen molar-refractivity contribution >= 4 is 95.3 Å². The van der Waals surface area contributed by atoms with Gasteiger partial charge in [-0.1, -0.05) is 133 Å². The highest BCUT2D eigenvalue weighted by Gasteiger charge is 2.18. The molecule has 232 valence electrons. The summed E-state index contributed by atoms with van der Waals surface area (Å²) in [5, 5.41) is 13.2. The van der Waals surface area contributed by atoms with Crippen LogP contribution in [0.4, 0.5) is 0 Å². The zero-order chi connectivity index (χ0) is 32.8. The lowest BCUT2D eigenvalue weighted by atomic mass is 9.85. The van der Waals surface area contributed by atoms with Gasteiger partial charge in [0.2, 0.25) is 0 Å². The van der Waals surface area contributed by atoms with Crippen molar-refractivity contribution in [3.8, 4) is 33.4 Å². The summed E-state index contributed by atoms with van der Waals surface area (Å²) in [5.74, 6) is 0. The second kappa shape index (κ2) is 10.9. The van der Waals surface area contributed by atoms with Gasteiger partial charge in [-0.25, -0.2) is 0 Å². The van der Waals surface area contributed by atoms with Gasteiger partial charge in [0.15, 0.2) is 0 Å². The third kappa shape index (κ3) is 4.16. The molecule has 2 heterocycles. The van der Waals surface area contributed by atoms with Crippen LogP contribution in [0.5, 0.6) is 0 Å². The Morgan fingerprint density at radius 3 is 1.60 bits per heavy atom. The van der Waals surface area contributed by atoms with Crippen molar-refractivity contribution in [1.82, 2.24) is 0 Å². The summed E-state index contributed by atoms with van der Waals surface area (Å²) in [6.45, 7) is 0. The molecule has 9 aromatic carbocycles.